The fourth-order valence-electron chi connectivity index (χ4n) is 1.20. The molecule has 2 aromatic rings. The molecule has 0 fully saturated rings. The molecule has 0 atom stereocenters. The molecule has 0 saturated carbocycles. The number of aromatic nitrogens is 3. The first kappa shape index (κ1) is 10.1. The van der Waals surface area contributed by atoms with Gasteiger partial charge in [-0.3, -0.25) is 4.98 Å². The van der Waals surface area contributed by atoms with Crippen LogP contribution in [-0.4, -0.2) is 15.0 Å². The monoisotopic (exact) mass is 211 g/mol. The minimum Gasteiger partial charge on any atom is -0.366 e. The number of hydrogen-bond acceptors (Lipinski definition) is 5. The van der Waals surface area contributed by atoms with E-state index in [0.717, 1.165) is 5.56 Å². The Morgan fingerprint density at radius 3 is 2.75 bits per heavy atom. The number of hydrogen-bond donors (Lipinski definition) is 1. The molecular weight excluding hydrogens is 202 g/mol. The van der Waals surface area contributed by atoms with Crippen molar-refractivity contribution in [2.75, 3.05) is 5.32 Å². The maximum atomic E-state index is 8.64. The predicted molar refractivity (Wildman–Crippen MR) is 58.3 cm³/mol. The second-order valence-electron chi connectivity index (χ2n) is 3.09. The van der Waals surface area contributed by atoms with Crippen molar-refractivity contribution in [3.8, 4) is 6.07 Å². The molecule has 2 heterocycles. The number of nitriles is 1. The first-order valence-corrected chi connectivity index (χ1v) is 4.74. The van der Waals surface area contributed by atoms with Crippen LogP contribution < -0.4 is 5.32 Å². The van der Waals surface area contributed by atoms with Gasteiger partial charge < -0.3 is 5.32 Å². The SMILES string of the molecule is N#Cc1nccc(NCc2ccncc2)n1. The van der Waals surface area contributed by atoms with Gasteiger partial charge in [0.15, 0.2) is 0 Å². The average Bonchev–Trinajstić information content (AvgIpc) is 2.38. The zero-order chi connectivity index (χ0) is 11.2. The zero-order valence-corrected chi connectivity index (χ0v) is 8.46. The Kier molecular flexibility index (Phi) is 3.04. The lowest BCUT2D eigenvalue weighted by atomic mass is 10.3. The summed E-state index contributed by atoms with van der Waals surface area (Å²) in [4.78, 5) is 11.7. The second-order valence-corrected chi connectivity index (χ2v) is 3.09. The molecule has 0 amide bonds. The van der Waals surface area contributed by atoms with Gasteiger partial charge in [0.1, 0.15) is 11.9 Å². The third-order valence-corrected chi connectivity index (χ3v) is 1.98. The van der Waals surface area contributed by atoms with Crippen LogP contribution in [0.4, 0.5) is 5.82 Å². The van der Waals surface area contributed by atoms with E-state index < -0.39 is 0 Å². The van der Waals surface area contributed by atoms with E-state index in [4.69, 9.17) is 5.26 Å². The first-order chi connectivity index (χ1) is 7.88. The van der Waals surface area contributed by atoms with Crippen molar-refractivity contribution in [3.05, 3.63) is 48.2 Å². The summed E-state index contributed by atoms with van der Waals surface area (Å²) < 4.78 is 0. The molecule has 0 aliphatic heterocycles. The molecule has 1 N–H and O–H groups in total. The second kappa shape index (κ2) is 4.84. The fourth-order valence-corrected chi connectivity index (χ4v) is 1.20. The number of anilines is 1. The lowest BCUT2D eigenvalue weighted by Crippen LogP contribution is -2.02. The van der Waals surface area contributed by atoms with Crippen molar-refractivity contribution in [1.82, 2.24) is 15.0 Å². The van der Waals surface area contributed by atoms with Crippen LogP contribution in [0.15, 0.2) is 36.8 Å². The summed E-state index contributed by atoms with van der Waals surface area (Å²) in [7, 11) is 0. The topological polar surface area (TPSA) is 74.5 Å². The van der Waals surface area contributed by atoms with Crippen LogP contribution in [0, 0.1) is 11.3 Å². The molecule has 0 saturated heterocycles. The lowest BCUT2D eigenvalue weighted by Gasteiger charge is -2.04. The molecule has 0 unspecified atom stereocenters. The van der Waals surface area contributed by atoms with E-state index in [9.17, 15) is 0 Å². The standard InChI is InChI=1S/C11H9N5/c12-7-11-14-6-3-10(16-11)15-8-9-1-4-13-5-2-9/h1-6H,8H2,(H,14,15,16). The summed E-state index contributed by atoms with van der Waals surface area (Å²) >= 11 is 0. The van der Waals surface area contributed by atoms with Gasteiger partial charge in [-0.25, -0.2) is 9.97 Å². The van der Waals surface area contributed by atoms with Gasteiger partial charge in [0.2, 0.25) is 5.82 Å². The normalized spacial score (nSPS) is 9.44. The summed E-state index contributed by atoms with van der Waals surface area (Å²) in [6.07, 6.45) is 5.02. The van der Waals surface area contributed by atoms with Crippen molar-refractivity contribution in [2.24, 2.45) is 0 Å². The summed E-state index contributed by atoms with van der Waals surface area (Å²) in [6.45, 7) is 0.643. The lowest BCUT2D eigenvalue weighted by molar-refractivity contribution is 1.05. The van der Waals surface area contributed by atoms with Crippen LogP contribution >= 0.6 is 0 Å². The summed E-state index contributed by atoms with van der Waals surface area (Å²) in [5, 5.41) is 11.7. The Bertz CT molecular complexity index is 503. The van der Waals surface area contributed by atoms with Crippen LogP contribution in [0.3, 0.4) is 0 Å². The number of nitrogens with one attached hydrogen (secondary N) is 1. The Balaban J connectivity index is 2.03. The van der Waals surface area contributed by atoms with Gasteiger partial charge >= 0.3 is 0 Å². The number of rotatable bonds is 3. The van der Waals surface area contributed by atoms with Crippen LogP contribution in [0.25, 0.3) is 0 Å². The van der Waals surface area contributed by atoms with Crippen LogP contribution in [0.1, 0.15) is 11.4 Å². The van der Waals surface area contributed by atoms with Gasteiger partial charge in [-0.2, -0.15) is 5.26 Å². The van der Waals surface area contributed by atoms with E-state index in [0.29, 0.717) is 12.4 Å². The predicted octanol–water partition coefficient (Wildman–Crippen LogP) is 1.36. The van der Waals surface area contributed by atoms with Gasteiger partial charge in [-0.15, -0.1) is 0 Å². The van der Waals surface area contributed by atoms with Crippen LogP contribution in [0.2, 0.25) is 0 Å². The maximum absolute atomic E-state index is 8.64. The molecule has 0 aliphatic rings. The highest BCUT2D eigenvalue weighted by atomic mass is 15.0. The molecular formula is C11H9N5. The summed E-state index contributed by atoms with van der Waals surface area (Å²) in [5.74, 6) is 0.808. The van der Waals surface area contributed by atoms with Crippen molar-refractivity contribution in [3.63, 3.8) is 0 Å². The van der Waals surface area contributed by atoms with Crippen LogP contribution in [-0.2, 0) is 6.54 Å². The van der Waals surface area contributed by atoms with Crippen molar-refractivity contribution in [2.45, 2.75) is 6.54 Å². The summed E-state index contributed by atoms with van der Waals surface area (Å²) in [6, 6.07) is 7.45. The van der Waals surface area contributed by atoms with Gasteiger partial charge in [0.25, 0.3) is 0 Å². The first-order valence-electron chi connectivity index (χ1n) is 4.74. The van der Waals surface area contributed by atoms with Crippen molar-refractivity contribution in [1.29, 1.82) is 5.26 Å². The third-order valence-electron chi connectivity index (χ3n) is 1.98. The highest BCUT2D eigenvalue weighted by Gasteiger charge is 1.97. The molecule has 2 aromatic heterocycles. The Morgan fingerprint density at radius 2 is 2.00 bits per heavy atom. The van der Waals surface area contributed by atoms with E-state index in [-0.39, 0.29) is 5.82 Å². The molecule has 0 aromatic carbocycles. The van der Waals surface area contributed by atoms with E-state index in [1.165, 1.54) is 0 Å². The smallest absolute Gasteiger partial charge is 0.234 e. The Morgan fingerprint density at radius 1 is 1.19 bits per heavy atom. The molecule has 5 heteroatoms. The quantitative estimate of drug-likeness (QED) is 0.829. The fraction of sp³-hybridized carbons (Fsp3) is 0.0909. The minimum atomic E-state index is 0.166. The zero-order valence-electron chi connectivity index (χ0n) is 8.46. The van der Waals surface area contributed by atoms with E-state index in [1.807, 2.05) is 18.2 Å². The van der Waals surface area contributed by atoms with Crippen molar-refractivity contribution < 1.29 is 0 Å². The number of nitrogens with zero attached hydrogens (tertiary/aromatic N) is 4. The molecule has 2 rings (SSSR count). The van der Waals surface area contributed by atoms with Gasteiger partial charge in [-0.1, -0.05) is 0 Å². The molecule has 16 heavy (non-hydrogen) atoms. The van der Waals surface area contributed by atoms with E-state index >= 15 is 0 Å². The molecule has 0 radical (unpaired) electrons. The Labute approximate surface area is 92.8 Å². The van der Waals surface area contributed by atoms with Gasteiger partial charge in [0.05, 0.1) is 0 Å². The molecule has 0 bridgehead atoms. The van der Waals surface area contributed by atoms with Crippen molar-refractivity contribution >= 4 is 5.82 Å². The van der Waals surface area contributed by atoms with E-state index in [2.05, 4.69) is 20.3 Å². The molecule has 0 aliphatic carbocycles. The largest absolute Gasteiger partial charge is 0.366 e. The molecule has 78 valence electrons. The molecule has 5 nitrogen and oxygen atoms in total. The van der Waals surface area contributed by atoms with Gasteiger partial charge in [0, 0.05) is 25.1 Å². The van der Waals surface area contributed by atoms with Crippen LogP contribution in [0.5, 0.6) is 0 Å². The van der Waals surface area contributed by atoms with E-state index in [1.54, 1.807) is 24.7 Å². The summed E-state index contributed by atoms with van der Waals surface area (Å²) in [5.41, 5.74) is 1.10. The Hall–Kier alpha value is -2.48. The third kappa shape index (κ3) is 2.51. The van der Waals surface area contributed by atoms with Gasteiger partial charge in [-0.05, 0) is 23.8 Å². The highest BCUT2D eigenvalue weighted by Crippen LogP contribution is 2.04. The highest BCUT2D eigenvalue weighted by molar-refractivity contribution is 5.35. The molecule has 0 spiro atoms. The number of pyridine rings is 1. The minimum absolute atomic E-state index is 0.166. The maximum Gasteiger partial charge on any atom is 0.234 e. The average molecular weight is 211 g/mol.